The number of hydrogen-bond acceptors (Lipinski definition) is 14. The first-order valence-corrected chi connectivity index (χ1v) is 30.3. The van der Waals surface area contributed by atoms with Gasteiger partial charge in [-0.05, 0) is 49.1 Å². The summed E-state index contributed by atoms with van der Waals surface area (Å²) in [5.74, 6) is -2.56. The fourth-order valence-corrected chi connectivity index (χ4v) is 10.3. The van der Waals surface area contributed by atoms with Crippen LogP contribution in [0.3, 0.4) is 0 Å². The molecule has 4 rings (SSSR count). The molecule has 2 saturated heterocycles. The molecule has 2 fully saturated rings. The summed E-state index contributed by atoms with van der Waals surface area (Å²) in [6.07, 6.45) is 21.8. The molecule has 0 saturated carbocycles. The van der Waals surface area contributed by atoms with Crippen LogP contribution in [0.25, 0.3) is 0 Å². The van der Waals surface area contributed by atoms with Gasteiger partial charge in [0.05, 0.1) is 44.8 Å². The smallest absolute Gasteiger partial charge is 0.338 e. The van der Waals surface area contributed by atoms with E-state index in [1.54, 1.807) is 61.7 Å². The number of cyclic esters (lactones) is 2. The number of esters is 4. The first-order valence-electron chi connectivity index (χ1n) is 30.3. The van der Waals surface area contributed by atoms with Crippen LogP contribution in [0.15, 0.2) is 54.6 Å². The molecule has 0 spiro atoms. The summed E-state index contributed by atoms with van der Waals surface area (Å²) >= 11 is 0. The van der Waals surface area contributed by atoms with Crippen molar-refractivity contribution in [1.82, 2.24) is 5.32 Å². The molecule has 0 aromatic heterocycles. The molecule has 2 aromatic carbocycles. The van der Waals surface area contributed by atoms with E-state index in [1.807, 2.05) is 0 Å². The first-order chi connectivity index (χ1) is 38.0. The van der Waals surface area contributed by atoms with E-state index in [0.29, 0.717) is 30.6 Å². The largest absolute Gasteiger partial charge is 0.497 e. The summed E-state index contributed by atoms with van der Waals surface area (Å²) in [4.78, 5) is 68.0. The van der Waals surface area contributed by atoms with Gasteiger partial charge in [0.2, 0.25) is 5.91 Å². The molecule has 15 nitrogen and oxygen atoms in total. The third-order valence-corrected chi connectivity index (χ3v) is 14.9. The molecule has 8 atom stereocenters. The first kappa shape index (κ1) is 65.9. The predicted octanol–water partition coefficient (Wildman–Crippen LogP) is 12.9. The third-order valence-electron chi connectivity index (χ3n) is 14.9. The maximum absolute atomic E-state index is 14.1. The highest BCUT2D eigenvalue weighted by atomic mass is 16.7. The van der Waals surface area contributed by atoms with Gasteiger partial charge >= 0.3 is 23.9 Å². The molecule has 2 N–H and O–H groups in total. The zero-order valence-corrected chi connectivity index (χ0v) is 48.1. The van der Waals surface area contributed by atoms with Crippen LogP contribution in [-0.2, 0) is 58.9 Å². The van der Waals surface area contributed by atoms with Crippen LogP contribution >= 0.6 is 0 Å². The molecule has 2 heterocycles. The molecule has 0 radical (unpaired) electrons. The number of hydrogen-bond donors (Lipinski definition) is 2. The molecule has 2 aliphatic rings. The van der Waals surface area contributed by atoms with Crippen LogP contribution in [0, 0.1) is 0 Å². The molecule has 78 heavy (non-hydrogen) atoms. The molecule has 0 aliphatic carbocycles. The summed E-state index contributed by atoms with van der Waals surface area (Å²) in [5, 5.41) is 15.0. The van der Waals surface area contributed by atoms with Crippen molar-refractivity contribution in [2.75, 3.05) is 20.3 Å². The maximum atomic E-state index is 14.1. The van der Waals surface area contributed by atoms with E-state index in [9.17, 15) is 29.1 Å². The molecule has 2 aromatic rings. The van der Waals surface area contributed by atoms with Crippen LogP contribution in [-0.4, -0.2) is 104 Å². The maximum Gasteiger partial charge on any atom is 0.338 e. The number of benzene rings is 2. The van der Waals surface area contributed by atoms with E-state index in [-0.39, 0.29) is 43.9 Å². The Hall–Kier alpha value is -4.57. The molecular weight excluding hydrogens is 995 g/mol. The van der Waals surface area contributed by atoms with Crippen LogP contribution in [0.1, 0.15) is 236 Å². The fraction of sp³-hybridized carbons (Fsp3) is 0.730. The zero-order valence-electron chi connectivity index (χ0n) is 48.1. The number of aliphatic hydroxyl groups excluding tert-OH is 1. The summed E-state index contributed by atoms with van der Waals surface area (Å²) < 4.78 is 48.6. The monoisotopic (exact) mass is 1090 g/mol. The van der Waals surface area contributed by atoms with Gasteiger partial charge in [-0.25, -0.2) is 4.79 Å². The average Bonchev–Trinajstić information content (AvgIpc) is 3.50. The van der Waals surface area contributed by atoms with Crippen molar-refractivity contribution in [3.63, 3.8) is 0 Å². The Kier molecular flexibility index (Phi) is 34.3. The SMILES string of the molecule is CCCCCCCCCCCCCCCCCC(=O)N[C@H]1CO[C@@H]2O[C@H](COC(=O)CCC(=O)OC(CCCCCCCCCCCCCC)[C@H]1OC(C)=O)[C@@H](O)[C@H](OCc1ccc(OC)cc1)[C@H]2OC(=O)c1ccccc1. The molecule has 1 unspecified atom stereocenters. The molecule has 2 bridgehead atoms. The normalized spacial score (nSPS) is 22.1. The fourth-order valence-electron chi connectivity index (χ4n) is 10.3. The Morgan fingerprint density at radius 2 is 1.14 bits per heavy atom. The predicted molar refractivity (Wildman–Crippen MR) is 301 cm³/mol. The number of ether oxygens (including phenoxy) is 8. The van der Waals surface area contributed by atoms with Crippen LogP contribution in [0.2, 0.25) is 0 Å². The average molecular weight is 1090 g/mol. The lowest BCUT2D eigenvalue weighted by atomic mass is 9.97. The van der Waals surface area contributed by atoms with Crippen molar-refractivity contribution >= 4 is 29.8 Å². The van der Waals surface area contributed by atoms with Crippen LogP contribution < -0.4 is 10.1 Å². The van der Waals surface area contributed by atoms with E-state index in [2.05, 4.69) is 19.2 Å². The highest BCUT2D eigenvalue weighted by molar-refractivity contribution is 5.89. The molecule has 15 heteroatoms. The number of unbranched alkanes of at least 4 members (excludes halogenated alkanes) is 25. The van der Waals surface area contributed by atoms with Crippen molar-refractivity contribution in [1.29, 1.82) is 0 Å². The zero-order chi connectivity index (χ0) is 56.0. The van der Waals surface area contributed by atoms with Crippen molar-refractivity contribution in [2.45, 2.75) is 275 Å². The number of methoxy groups -OCH3 is 1. The summed E-state index contributed by atoms with van der Waals surface area (Å²) in [6.45, 7) is 4.84. The summed E-state index contributed by atoms with van der Waals surface area (Å²) in [7, 11) is 1.56. The second kappa shape index (κ2) is 40.6. The van der Waals surface area contributed by atoms with E-state index in [4.69, 9.17) is 37.9 Å². The number of rotatable bonds is 37. The number of carbonyl (C=O) groups excluding carboxylic acids is 5. The number of carbonyl (C=O) groups is 5. The van der Waals surface area contributed by atoms with E-state index >= 15 is 0 Å². The standard InChI is InChI=1S/C63H99NO14/c1-5-7-9-11-13-15-17-19-20-21-23-25-27-29-34-38-55(66)64-52-46-74-63-61(78-62(70)50-35-31-30-32-36-50)60(73-45-49-39-41-51(71-4)42-40-49)58(69)54(77-63)47-72-56(67)43-44-57(68)76-53(59(52)75-48(3)65)37-33-28-26-24-22-18-16-14-12-10-8-6-2/h30-32,35-36,39-42,52-54,58-61,63,69H,5-29,33-34,37-38,43-47H2,1-4H3,(H,64,66)/t52-,53?,54+,58+,59-,60-,61+,63+/m0/s1. The Bertz CT molecular complexity index is 1930. The van der Waals surface area contributed by atoms with Crippen LogP contribution in [0.4, 0.5) is 0 Å². The highest BCUT2D eigenvalue weighted by Crippen LogP contribution is 2.31. The van der Waals surface area contributed by atoms with E-state index in [1.165, 1.54) is 122 Å². The Balaban J connectivity index is 1.56. The summed E-state index contributed by atoms with van der Waals surface area (Å²) in [6, 6.07) is 14.3. The second-order valence-corrected chi connectivity index (χ2v) is 21.6. The topological polar surface area (TPSA) is 191 Å². The van der Waals surface area contributed by atoms with Gasteiger partial charge in [0.15, 0.2) is 18.5 Å². The Labute approximate surface area is 467 Å². The molecular formula is C63H99NO14. The van der Waals surface area contributed by atoms with Gasteiger partial charge in [-0.1, -0.05) is 205 Å². The summed E-state index contributed by atoms with van der Waals surface area (Å²) in [5.41, 5.74) is 0.932. The lowest BCUT2D eigenvalue weighted by Crippen LogP contribution is -2.62. The second-order valence-electron chi connectivity index (χ2n) is 21.6. The number of nitrogens with one attached hydrogen (secondary N) is 1. The highest BCUT2D eigenvalue weighted by Gasteiger charge is 2.50. The molecule has 1 amide bonds. The van der Waals surface area contributed by atoms with Crippen LogP contribution in [0.5, 0.6) is 5.75 Å². The lowest BCUT2D eigenvalue weighted by molar-refractivity contribution is -0.310. The lowest BCUT2D eigenvalue weighted by Gasteiger charge is -2.44. The van der Waals surface area contributed by atoms with Gasteiger partial charge in [0.1, 0.15) is 36.8 Å². The van der Waals surface area contributed by atoms with Crippen molar-refractivity contribution < 1.29 is 67.0 Å². The number of amides is 1. The van der Waals surface area contributed by atoms with E-state index in [0.717, 1.165) is 44.9 Å². The van der Waals surface area contributed by atoms with Gasteiger partial charge in [-0.3, -0.25) is 19.2 Å². The number of fused-ring (bicyclic) bond motifs is 2. The van der Waals surface area contributed by atoms with E-state index < -0.39 is 79.4 Å². The van der Waals surface area contributed by atoms with Crippen molar-refractivity contribution in [2.24, 2.45) is 0 Å². The van der Waals surface area contributed by atoms with Crippen molar-refractivity contribution in [3.05, 3.63) is 65.7 Å². The molecule has 2 aliphatic heterocycles. The minimum absolute atomic E-state index is 0.0445. The van der Waals surface area contributed by atoms with Gasteiger partial charge in [0, 0.05) is 13.3 Å². The molecule has 440 valence electrons. The van der Waals surface area contributed by atoms with Gasteiger partial charge in [-0.15, -0.1) is 0 Å². The van der Waals surface area contributed by atoms with Gasteiger partial charge in [-0.2, -0.15) is 0 Å². The Morgan fingerprint density at radius 3 is 1.68 bits per heavy atom. The van der Waals surface area contributed by atoms with Gasteiger partial charge < -0.3 is 48.3 Å². The minimum Gasteiger partial charge on any atom is -0.497 e. The van der Waals surface area contributed by atoms with Crippen molar-refractivity contribution in [3.8, 4) is 5.75 Å². The third kappa shape index (κ3) is 27.1. The van der Waals surface area contributed by atoms with Gasteiger partial charge in [0.25, 0.3) is 0 Å². The number of aliphatic hydroxyl groups is 1. The quantitative estimate of drug-likeness (QED) is 0.0369. The minimum atomic E-state index is -1.52. The Morgan fingerprint density at radius 1 is 0.615 bits per heavy atom.